The predicted molar refractivity (Wildman–Crippen MR) is 169 cm³/mol. The van der Waals surface area contributed by atoms with Crippen LogP contribution in [-0.2, 0) is 38.4 Å². The van der Waals surface area contributed by atoms with Gasteiger partial charge in [0.15, 0.2) is 5.82 Å². The van der Waals surface area contributed by atoms with Gasteiger partial charge in [-0.15, -0.1) is 15.3 Å². The molecule has 2 amide bonds. The van der Waals surface area contributed by atoms with Crippen LogP contribution in [0.5, 0.6) is 0 Å². The Hall–Kier alpha value is -4.26. The molecule has 2 atom stereocenters. The van der Waals surface area contributed by atoms with Crippen LogP contribution < -0.4 is 16.4 Å². The van der Waals surface area contributed by atoms with Crippen molar-refractivity contribution < 1.29 is 19.1 Å². The Morgan fingerprint density at radius 2 is 1.68 bits per heavy atom. The maximum atomic E-state index is 13.2. The Labute approximate surface area is 264 Å². The van der Waals surface area contributed by atoms with Gasteiger partial charge in [0.2, 0.25) is 17.1 Å². The fourth-order valence-electron chi connectivity index (χ4n) is 4.10. The number of nitrogens with zero attached hydrogens (tertiary/aromatic N) is 4. The van der Waals surface area contributed by atoms with Crippen molar-refractivity contribution in [3.05, 3.63) is 93.6 Å². The topological polar surface area (TPSA) is 162 Å². The fourth-order valence-corrected chi connectivity index (χ4v) is 5.08. The Bertz CT molecular complexity index is 1550. The maximum Gasteiger partial charge on any atom is 0.324 e. The van der Waals surface area contributed by atoms with Crippen LogP contribution in [0.2, 0.25) is 5.02 Å². The molecule has 2 heterocycles. The van der Waals surface area contributed by atoms with Gasteiger partial charge in [-0.1, -0.05) is 79.2 Å². The number of ether oxygens (including phenoxy) is 1. The summed E-state index contributed by atoms with van der Waals surface area (Å²) in [7, 11) is 0. The number of hydrogen-bond acceptors (Lipinski definition) is 10. The summed E-state index contributed by atoms with van der Waals surface area (Å²) in [4.78, 5) is 38.0. The number of anilines is 2. The van der Waals surface area contributed by atoms with E-state index in [4.69, 9.17) is 22.1 Å². The minimum absolute atomic E-state index is 0.151. The number of nitrogens with two attached hydrogens (primary N) is 1. The van der Waals surface area contributed by atoms with E-state index in [1.54, 1.807) is 44.2 Å². The number of unbranched alkanes of at least 4 members (excludes halogenated alkanes) is 1. The second kappa shape index (κ2) is 16.0. The first-order valence-corrected chi connectivity index (χ1v) is 15.4. The number of halogens is 1. The normalized spacial score (nSPS) is 12.4. The molecule has 0 spiro atoms. The standard InChI is InChI=1S/C31H34ClN7O4S/c1-19(2)27(33)30(42)43-28(21-11-8-12-22(32)18-21)29(41)35-31-39-38-26(44-31)14-7-6-13-23-15-16-24(37-36-23)34-25(40)17-20-9-4-3-5-10-20/h3-5,8-12,15-16,18-19,27-28H,6-7,13-14,17,33H2,1-2H3,(H,34,37,40)(H,35,39,41). The predicted octanol–water partition coefficient (Wildman–Crippen LogP) is 4.93. The van der Waals surface area contributed by atoms with Gasteiger partial charge in [-0.25, -0.2) is 0 Å². The lowest BCUT2D eigenvalue weighted by Crippen LogP contribution is -2.39. The number of rotatable bonds is 14. The average molecular weight is 636 g/mol. The third-order valence-electron chi connectivity index (χ3n) is 6.58. The SMILES string of the molecule is CC(C)C(N)C(=O)OC(C(=O)Nc1nnc(CCCCc2ccc(NC(=O)Cc3ccccc3)nn2)s1)c1cccc(Cl)c1. The van der Waals surface area contributed by atoms with Crippen molar-refractivity contribution in [3.8, 4) is 0 Å². The number of hydrogen-bond donors (Lipinski definition) is 3. The zero-order chi connectivity index (χ0) is 31.5. The van der Waals surface area contributed by atoms with Gasteiger partial charge in [0.1, 0.15) is 11.0 Å². The minimum atomic E-state index is -1.26. The molecule has 0 bridgehead atoms. The second-order valence-corrected chi connectivity index (χ2v) is 12.0. The van der Waals surface area contributed by atoms with Gasteiger partial charge in [-0.2, -0.15) is 5.10 Å². The van der Waals surface area contributed by atoms with Crippen molar-refractivity contribution in [1.82, 2.24) is 20.4 Å². The number of carbonyl (C=O) groups excluding carboxylic acids is 3. The third-order valence-corrected chi connectivity index (χ3v) is 7.71. The number of nitrogens with one attached hydrogen (secondary N) is 2. The van der Waals surface area contributed by atoms with Crippen LogP contribution in [0.1, 0.15) is 54.6 Å². The highest BCUT2D eigenvalue weighted by molar-refractivity contribution is 7.15. The van der Waals surface area contributed by atoms with Crippen LogP contribution in [0.3, 0.4) is 0 Å². The molecule has 0 fully saturated rings. The Morgan fingerprint density at radius 1 is 0.909 bits per heavy atom. The van der Waals surface area contributed by atoms with E-state index in [1.165, 1.54) is 11.3 Å². The first kappa shape index (κ1) is 32.6. The summed E-state index contributed by atoms with van der Waals surface area (Å²) >= 11 is 7.36. The van der Waals surface area contributed by atoms with Crippen LogP contribution in [0.25, 0.3) is 0 Å². The molecule has 0 aliphatic rings. The van der Waals surface area contributed by atoms with Gasteiger partial charge in [-0.3, -0.25) is 19.7 Å². The number of benzene rings is 2. The van der Waals surface area contributed by atoms with Crippen LogP contribution in [0, 0.1) is 5.92 Å². The van der Waals surface area contributed by atoms with Crippen molar-refractivity contribution >= 4 is 51.7 Å². The first-order chi connectivity index (χ1) is 21.2. The molecular weight excluding hydrogens is 602 g/mol. The van der Waals surface area contributed by atoms with Crippen molar-refractivity contribution in [2.45, 2.75) is 58.1 Å². The van der Waals surface area contributed by atoms with Crippen LogP contribution in [0.15, 0.2) is 66.7 Å². The molecule has 4 N–H and O–H groups in total. The Morgan fingerprint density at radius 3 is 2.39 bits per heavy atom. The van der Waals surface area contributed by atoms with Gasteiger partial charge in [0.05, 0.1) is 12.1 Å². The molecule has 0 aliphatic heterocycles. The molecule has 230 valence electrons. The van der Waals surface area contributed by atoms with Crippen molar-refractivity contribution in [2.24, 2.45) is 11.7 Å². The molecule has 2 aromatic carbocycles. The molecule has 0 saturated carbocycles. The van der Waals surface area contributed by atoms with E-state index in [0.29, 0.717) is 29.2 Å². The number of carbonyl (C=O) groups is 3. The lowest BCUT2D eigenvalue weighted by atomic mass is 10.1. The van der Waals surface area contributed by atoms with Crippen molar-refractivity contribution in [1.29, 1.82) is 0 Å². The summed E-state index contributed by atoms with van der Waals surface area (Å²) in [6, 6.07) is 18.7. The highest BCUT2D eigenvalue weighted by Gasteiger charge is 2.30. The zero-order valence-electron chi connectivity index (χ0n) is 24.4. The van der Waals surface area contributed by atoms with E-state index in [1.807, 2.05) is 36.4 Å². The Balaban J connectivity index is 1.24. The average Bonchev–Trinajstić information content (AvgIpc) is 3.45. The van der Waals surface area contributed by atoms with Gasteiger partial charge in [-0.05, 0) is 55.0 Å². The quantitative estimate of drug-likeness (QED) is 0.129. The minimum Gasteiger partial charge on any atom is -0.446 e. The van der Waals surface area contributed by atoms with E-state index in [2.05, 4.69) is 31.0 Å². The van der Waals surface area contributed by atoms with Gasteiger partial charge in [0, 0.05) is 17.0 Å². The van der Waals surface area contributed by atoms with E-state index in [0.717, 1.165) is 29.1 Å². The summed E-state index contributed by atoms with van der Waals surface area (Å²) in [5.41, 5.74) is 8.09. The highest BCUT2D eigenvalue weighted by atomic mass is 35.5. The monoisotopic (exact) mass is 635 g/mol. The molecule has 13 heteroatoms. The molecule has 0 aliphatic carbocycles. The fraction of sp³-hybridized carbons (Fsp3) is 0.323. The molecule has 4 aromatic rings. The van der Waals surface area contributed by atoms with Crippen molar-refractivity contribution in [2.75, 3.05) is 10.6 Å². The molecule has 2 aromatic heterocycles. The number of esters is 1. The summed E-state index contributed by atoms with van der Waals surface area (Å²) < 4.78 is 5.52. The summed E-state index contributed by atoms with van der Waals surface area (Å²) in [5.74, 6) is -1.18. The maximum absolute atomic E-state index is 13.2. The number of aromatic nitrogens is 4. The highest BCUT2D eigenvalue weighted by Crippen LogP contribution is 2.25. The molecule has 2 unspecified atom stereocenters. The van der Waals surface area contributed by atoms with Crippen LogP contribution in [0.4, 0.5) is 10.9 Å². The van der Waals surface area contributed by atoms with E-state index >= 15 is 0 Å². The molecular formula is C31H34ClN7O4S. The summed E-state index contributed by atoms with van der Waals surface area (Å²) in [5, 5.41) is 23.5. The molecule has 4 rings (SSSR count). The number of amides is 2. The largest absolute Gasteiger partial charge is 0.446 e. The second-order valence-electron chi connectivity index (χ2n) is 10.5. The van der Waals surface area contributed by atoms with E-state index in [-0.39, 0.29) is 23.4 Å². The summed E-state index contributed by atoms with van der Waals surface area (Å²) in [6.07, 6.45) is 2.02. The lowest BCUT2D eigenvalue weighted by molar-refractivity contribution is -0.157. The lowest BCUT2D eigenvalue weighted by Gasteiger charge is -2.21. The summed E-state index contributed by atoms with van der Waals surface area (Å²) in [6.45, 7) is 3.59. The third kappa shape index (κ3) is 9.90. The Kier molecular flexibility index (Phi) is 11.9. The first-order valence-electron chi connectivity index (χ1n) is 14.2. The molecule has 0 radical (unpaired) electrons. The molecule has 11 nitrogen and oxygen atoms in total. The van der Waals surface area contributed by atoms with Crippen molar-refractivity contribution in [3.63, 3.8) is 0 Å². The van der Waals surface area contributed by atoms with Crippen LogP contribution >= 0.6 is 22.9 Å². The molecule has 0 saturated heterocycles. The van der Waals surface area contributed by atoms with Gasteiger partial charge < -0.3 is 15.8 Å². The zero-order valence-corrected chi connectivity index (χ0v) is 26.0. The van der Waals surface area contributed by atoms with Gasteiger partial charge >= 0.3 is 5.97 Å². The van der Waals surface area contributed by atoms with E-state index < -0.39 is 24.0 Å². The van der Waals surface area contributed by atoms with E-state index in [9.17, 15) is 14.4 Å². The molecule has 44 heavy (non-hydrogen) atoms. The smallest absolute Gasteiger partial charge is 0.324 e. The van der Waals surface area contributed by atoms with Crippen LogP contribution in [-0.4, -0.2) is 44.2 Å². The van der Waals surface area contributed by atoms with Gasteiger partial charge in [0.25, 0.3) is 5.91 Å². The number of aryl methyl sites for hydroxylation is 2.